The zero-order chi connectivity index (χ0) is 8.27. The molecule has 3 N–H and O–H groups in total. The van der Waals surface area contributed by atoms with Crippen molar-refractivity contribution in [2.45, 2.75) is 18.9 Å². The quantitative estimate of drug-likeness (QED) is 0.607. The van der Waals surface area contributed by atoms with E-state index in [2.05, 4.69) is 4.99 Å². The van der Waals surface area contributed by atoms with Crippen LogP contribution in [0, 0.1) is 0 Å². The number of nitrogens with two attached hydrogens (primary N) is 1. The fourth-order valence-corrected chi connectivity index (χ4v) is 0.860. The molecule has 0 saturated heterocycles. The summed E-state index contributed by atoms with van der Waals surface area (Å²) in [5.41, 5.74) is 6.06. The number of aliphatic carboxylic acids is 1. The summed E-state index contributed by atoms with van der Waals surface area (Å²) in [7, 11) is 0. The number of rotatable bonds is 3. The summed E-state index contributed by atoms with van der Waals surface area (Å²) in [5, 5.41) is 8.44. The van der Waals surface area contributed by atoms with Gasteiger partial charge in [0.25, 0.3) is 0 Å². The highest BCUT2D eigenvalue weighted by molar-refractivity contribution is 5.74. The summed E-state index contributed by atoms with van der Waals surface area (Å²) >= 11 is 0. The van der Waals surface area contributed by atoms with Gasteiger partial charge in [0.05, 0.1) is 0 Å². The third kappa shape index (κ3) is 2.16. The molecule has 0 unspecified atom stereocenters. The number of hydrogen-bond donors (Lipinski definition) is 2. The van der Waals surface area contributed by atoms with Gasteiger partial charge in [0.1, 0.15) is 6.04 Å². The van der Waals surface area contributed by atoms with Gasteiger partial charge in [0.2, 0.25) is 0 Å². The van der Waals surface area contributed by atoms with Gasteiger partial charge in [-0.1, -0.05) is 6.08 Å². The van der Waals surface area contributed by atoms with Crippen LogP contribution in [0.4, 0.5) is 0 Å². The maximum absolute atomic E-state index is 10.3. The molecule has 1 aliphatic rings. The molecule has 0 saturated carbocycles. The van der Waals surface area contributed by atoms with E-state index in [0.717, 1.165) is 12.1 Å². The van der Waals surface area contributed by atoms with Gasteiger partial charge in [-0.25, -0.2) is 0 Å². The van der Waals surface area contributed by atoms with Crippen LogP contribution in [-0.4, -0.2) is 23.3 Å². The Morgan fingerprint density at radius 2 is 2.64 bits per heavy atom. The Hall–Kier alpha value is -1.16. The van der Waals surface area contributed by atoms with Crippen molar-refractivity contribution in [2.24, 2.45) is 10.7 Å². The Balaban J connectivity index is 2.42. The lowest BCUT2D eigenvalue weighted by Crippen LogP contribution is -2.30. The molecule has 0 amide bonds. The van der Waals surface area contributed by atoms with Crippen molar-refractivity contribution in [2.75, 3.05) is 0 Å². The van der Waals surface area contributed by atoms with Crippen molar-refractivity contribution in [3.8, 4) is 0 Å². The number of carboxylic acid groups (broad SMARTS) is 1. The lowest BCUT2D eigenvalue weighted by atomic mass is 10.2. The van der Waals surface area contributed by atoms with Crippen LogP contribution >= 0.6 is 0 Å². The van der Waals surface area contributed by atoms with Gasteiger partial charge in [-0.2, -0.15) is 0 Å². The molecular weight excluding hydrogens is 144 g/mol. The van der Waals surface area contributed by atoms with E-state index in [4.69, 9.17) is 10.8 Å². The summed E-state index contributed by atoms with van der Waals surface area (Å²) in [6.45, 7) is 0. The Labute approximate surface area is 64.4 Å². The molecule has 4 heteroatoms. The monoisotopic (exact) mass is 154 g/mol. The maximum atomic E-state index is 10.3. The number of nitrogens with zero attached hydrogens (tertiary/aromatic N) is 1. The van der Waals surface area contributed by atoms with Gasteiger partial charge in [0, 0.05) is 24.8 Å². The fourth-order valence-electron chi connectivity index (χ4n) is 0.860. The highest BCUT2D eigenvalue weighted by Gasteiger charge is 2.13. The SMILES string of the molecule is N[C@@H](CC1=CCC=N1)C(=O)O. The topological polar surface area (TPSA) is 75.7 Å². The Morgan fingerprint density at radius 3 is 3.09 bits per heavy atom. The van der Waals surface area contributed by atoms with E-state index in [1.165, 1.54) is 0 Å². The van der Waals surface area contributed by atoms with Crippen molar-refractivity contribution in [1.29, 1.82) is 0 Å². The molecular formula is C7H10N2O2. The smallest absolute Gasteiger partial charge is 0.320 e. The van der Waals surface area contributed by atoms with E-state index in [1.54, 1.807) is 6.21 Å². The van der Waals surface area contributed by atoms with E-state index >= 15 is 0 Å². The summed E-state index contributed by atoms with van der Waals surface area (Å²) in [4.78, 5) is 14.2. The summed E-state index contributed by atoms with van der Waals surface area (Å²) in [6, 6.07) is -0.823. The summed E-state index contributed by atoms with van der Waals surface area (Å²) in [5.74, 6) is -0.979. The molecule has 0 fully saturated rings. The zero-order valence-electron chi connectivity index (χ0n) is 6.03. The fraction of sp³-hybridized carbons (Fsp3) is 0.429. The molecule has 1 rings (SSSR count). The third-order valence-corrected chi connectivity index (χ3v) is 1.46. The second-order valence-electron chi connectivity index (χ2n) is 2.39. The predicted molar refractivity (Wildman–Crippen MR) is 41.4 cm³/mol. The molecule has 0 aromatic rings. The van der Waals surface area contributed by atoms with E-state index in [1.807, 2.05) is 6.08 Å². The van der Waals surface area contributed by atoms with Crippen LogP contribution in [0.1, 0.15) is 12.8 Å². The molecule has 0 aromatic carbocycles. The van der Waals surface area contributed by atoms with Gasteiger partial charge in [-0.3, -0.25) is 9.79 Å². The molecule has 1 aliphatic heterocycles. The largest absolute Gasteiger partial charge is 0.480 e. The first-order valence-electron chi connectivity index (χ1n) is 3.40. The zero-order valence-corrected chi connectivity index (χ0v) is 6.03. The van der Waals surface area contributed by atoms with E-state index in [-0.39, 0.29) is 0 Å². The molecule has 0 spiro atoms. The average molecular weight is 154 g/mol. The average Bonchev–Trinajstić information content (AvgIpc) is 2.39. The van der Waals surface area contributed by atoms with Gasteiger partial charge in [0.15, 0.2) is 0 Å². The number of allylic oxidation sites excluding steroid dienone is 1. The van der Waals surface area contributed by atoms with Crippen LogP contribution in [0.25, 0.3) is 0 Å². The molecule has 60 valence electrons. The molecule has 1 atom stereocenters. The molecule has 0 bridgehead atoms. The second kappa shape index (κ2) is 3.30. The van der Waals surface area contributed by atoms with E-state index in [9.17, 15) is 4.79 Å². The van der Waals surface area contributed by atoms with Crippen molar-refractivity contribution < 1.29 is 9.90 Å². The van der Waals surface area contributed by atoms with Crippen LogP contribution in [0.15, 0.2) is 16.8 Å². The van der Waals surface area contributed by atoms with Crippen LogP contribution in [0.5, 0.6) is 0 Å². The van der Waals surface area contributed by atoms with Gasteiger partial charge < -0.3 is 10.8 Å². The highest BCUT2D eigenvalue weighted by atomic mass is 16.4. The number of carboxylic acids is 1. The Kier molecular flexibility index (Phi) is 2.38. The molecule has 11 heavy (non-hydrogen) atoms. The first-order chi connectivity index (χ1) is 5.20. The summed E-state index contributed by atoms with van der Waals surface area (Å²) < 4.78 is 0. The molecule has 0 radical (unpaired) electrons. The molecule has 1 heterocycles. The van der Waals surface area contributed by atoms with Crippen molar-refractivity contribution >= 4 is 12.2 Å². The second-order valence-corrected chi connectivity index (χ2v) is 2.39. The van der Waals surface area contributed by atoms with Crippen molar-refractivity contribution in [3.05, 3.63) is 11.8 Å². The first-order valence-corrected chi connectivity index (χ1v) is 3.40. The number of aliphatic imine (C=N–C) groups is 1. The normalized spacial score (nSPS) is 18.1. The third-order valence-electron chi connectivity index (χ3n) is 1.46. The minimum absolute atomic E-state index is 0.325. The number of carbonyl (C=O) groups is 1. The predicted octanol–water partition coefficient (Wildman–Crippen LogP) is 0.147. The summed E-state index contributed by atoms with van der Waals surface area (Å²) in [6.07, 6.45) is 4.74. The first kappa shape index (κ1) is 7.94. The van der Waals surface area contributed by atoms with Crippen LogP contribution in [0.3, 0.4) is 0 Å². The van der Waals surface area contributed by atoms with Gasteiger partial charge >= 0.3 is 5.97 Å². The van der Waals surface area contributed by atoms with Crippen molar-refractivity contribution in [1.82, 2.24) is 0 Å². The Bertz CT molecular complexity index is 220. The van der Waals surface area contributed by atoms with E-state index in [0.29, 0.717) is 6.42 Å². The van der Waals surface area contributed by atoms with Crippen molar-refractivity contribution in [3.63, 3.8) is 0 Å². The van der Waals surface area contributed by atoms with Gasteiger partial charge in [-0.15, -0.1) is 0 Å². The molecule has 0 aliphatic carbocycles. The lowest BCUT2D eigenvalue weighted by Gasteiger charge is -2.03. The molecule has 0 aromatic heterocycles. The van der Waals surface area contributed by atoms with Crippen LogP contribution in [0.2, 0.25) is 0 Å². The molecule has 4 nitrogen and oxygen atoms in total. The highest BCUT2D eigenvalue weighted by Crippen LogP contribution is 2.10. The maximum Gasteiger partial charge on any atom is 0.320 e. The lowest BCUT2D eigenvalue weighted by molar-refractivity contribution is -0.138. The Morgan fingerprint density at radius 1 is 1.91 bits per heavy atom. The standard InChI is InChI=1S/C7H10N2O2/c8-6(7(10)11)4-5-2-1-3-9-5/h2-3,6H,1,4,8H2,(H,10,11)/t6-/m0/s1. The van der Waals surface area contributed by atoms with Crippen LogP contribution in [-0.2, 0) is 4.79 Å². The number of hydrogen-bond acceptors (Lipinski definition) is 3. The van der Waals surface area contributed by atoms with Crippen LogP contribution < -0.4 is 5.73 Å². The van der Waals surface area contributed by atoms with Gasteiger partial charge in [-0.05, 0) is 0 Å². The minimum Gasteiger partial charge on any atom is -0.480 e. The van der Waals surface area contributed by atoms with E-state index < -0.39 is 12.0 Å². The minimum atomic E-state index is -0.979.